The number of allylic oxidation sites excluding steroid dienone is 1. The summed E-state index contributed by atoms with van der Waals surface area (Å²) in [6, 6.07) is 8.17. The second-order valence-electron chi connectivity index (χ2n) is 4.49. The fraction of sp³-hybridized carbons (Fsp3) is 0.438. The molecule has 0 aromatic heterocycles. The summed E-state index contributed by atoms with van der Waals surface area (Å²) in [5.41, 5.74) is 2.32. The van der Waals surface area contributed by atoms with Crippen molar-refractivity contribution in [2.75, 3.05) is 19.6 Å². The SMILES string of the molecule is CCN(CC)CCC(=O)/C=C\c1ccc(C)cc1. The summed E-state index contributed by atoms with van der Waals surface area (Å²) in [6.07, 6.45) is 4.18. The van der Waals surface area contributed by atoms with Crippen molar-refractivity contribution < 1.29 is 4.79 Å². The van der Waals surface area contributed by atoms with Gasteiger partial charge in [-0.05, 0) is 31.7 Å². The quantitative estimate of drug-likeness (QED) is 0.687. The molecule has 1 aromatic rings. The molecule has 0 unspecified atom stereocenters. The lowest BCUT2D eigenvalue weighted by atomic mass is 10.1. The third kappa shape index (κ3) is 5.28. The highest BCUT2D eigenvalue weighted by Gasteiger charge is 2.02. The van der Waals surface area contributed by atoms with Crippen molar-refractivity contribution in [1.82, 2.24) is 4.90 Å². The number of rotatable bonds is 7. The first-order valence-electron chi connectivity index (χ1n) is 6.65. The van der Waals surface area contributed by atoms with E-state index in [1.165, 1.54) is 5.56 Å². The van der Waals surface area contributed by atoms with Crippen LogP contribution in [0.2, 0.25) is 0 Å². The van der Waals surface area contributed by atoms with E-state index < -0.39 is 0 Å². The molecule has 0 saturated heterocycles. The summed E-state index contributed by atoms with van der Waals surface area (Å²) in [5, 5.41) is 0. The minimum atomic E-state index is 0.197. The van der Waals surface area contributed by atoms with Gasteiger partial charge in [-0.2, -0.15) is 0 Å². The smallest absolute Gasteiger partial charge is 0.156 e. The van der Waals surface area contributed by atoms with Crippen molar-refractivity contribution in [3.8, 4) is 0 Å². The molecule has 0 aliphatic carbocycles. The average Bonchev–Trinajstić information content (AvgIpc) is 2.39. The lowest BCUT2D eigenvalue weighted by Gasteiger charge is -2.16. The molecule has 0 amide bonds. The van der Waals surface area contributed by atoms with E-state index in [-0.39, 0.29) is 5.78 Å². The van der Waals surface area contributed by atoms with E-state index in [2.05, 4.69) is 37.8 Å². The predicted octanol–water partition coefficient (Wildman–Crippen LogP) is 3.31. The number of carbonyl (C=O) groups excluding carboxylic acids is 1. The van der Waals surface area contributed by atoms with Crippen LogP contribution in [0.15, 0.2) is 30.3 Å². The summed E-state index contributed by atoms with van der Waals surface area (Å²) >= 11 is 0. The summed E-state index contributed by atoms with van der Waals surface area (Å²) in [7, 11) is 0. The minimum Gasteiger partial charge on any atom is -0.303 e. The lowest BCUT2D eigenvalue weighted by Crippen LogP contribution is -2.25. The third-order valence-electron chi connectivity index (χ3n) is 3.11. The van der Waals surface area contributed by atoms with Crippen molar-refractivity contribution >= 4 is 11.9 Å². The molecule has 0 saturated carbocycles. The molecule has 0 bridgehead atoms. The Bertz CT molecular complexity index is 388. The molecule has 1 rings (SSSR count). The normalized spacial score (nSPS) is 11.3. The van der Waals surface area contributed by atoms with E-state index in [0.29, 0.717) is 6.42 Å². The first-order valence-corrected chi connectivity index (χ1v) is 6.65. The second-order valence-corrected chi connectivity index (χ2v) is 4.49. The highest BCUT2D eigenvalue weighted by molar-refractivity contribution is 5.93. The number of hydrogen-bond donors (Lipinski definition) is 0. The van der Waals surface area contributed by atoms with Crippen LogP contribution in [0.3, 0.4) is 0 Å². The zero-order valence-corrected chi connectivity index (χ0v) is 11.6. The van der Waals surface area contributed by atoms with E-state index in [0.717, 1.165) is 25.2 Å². The number of carbonyl (C=O) groups is 1. The molecule has 0 aliphatic rings. The van der Waals surface area contributed by atoms with Crippen LogP contribution in [0.1, 0.15) is 31.4 Å². The first kappa shape index (κ1) is 14.7. The third-order valence-corrected chi connectivity index (χ3v) is 3.11. The van der Waals surface area contributed by atoms with Crippen LogP contribution < -0.4 is 0 Å². The van der Waals surface area contributed by atoms with Gasteiger partial charge in [-0.3, -0.25) is 4.79 Å². The molecule has 0 spiro atoms. The largest absolute Gasteiger partial charge is 0.303 e. The maximum atomic E-state index is 11.7. The average molecular weight is 245 g/mol. The maximum Gasteiger partial charge on any atom is 0.156 e. The summed E-state index contributed by atoms with van der Waals surface area (Å²) in [6.45, 7) is 9.16. The summed E-state index contributed by atoms with van der Waals surface area (Å²) in [5.74, 6) is 0.197. The van der Waals surface area contributed by atoms with Gasteiger partial charge in [0.15, 0.2) is 5.78 Å². The molecule has 18 heavy (non-hydrogen) atoms. The van der Waals surface area contributed by atoms with Gasteiger partial charge in [0.2, 0.25) is 0 Å². The van der Waals surface area contributed by atoms with Gasteiger partial charge in [-0.15, -0.1) is 0 Å². The Hall–Kier alpha value is -1.41. The number of benzene rings is 1. The van der Waals surface area contributed by atoms with Gasteiger partial charge in [-0.25, -0.2) is 0 Å². The molecule has 0 aliphatic heterocycles. The second kappa shape index (κ2) is 7.83. The van der Waals surface area contributed by atoms with E-state index in [1.807, 2.05) is 18.2 Å². The Kier molecular flexibility index (Phi) is 6.37. The van der Waals surface area contributed by atoms with E-state index in [9.17, 15) is 4.79 Å². The van der Waals surface area contributed by atoms with Crippen LogP contribution in [0.4, 0.5) is 0 Å². The Balaban J connectivity index is 2.42. The van der Waals surface area contributed by atoms with Crippen molar-refractivity contribution in [3.05, 3.63) is 41.5 Å². The number of ketones is 1. The number of hydrogen-bond acceptors (Lipinski definition) is 2. The van der Waals surface area contributed by atoms with Crippen LogP contribution in [-0.4, -0.2) is 30.3 Å². The van der Waals surface area contributed by atoms with Crippen molar-refractivity contribution in [1.29, 1.82) is 0 Å². The van der Waals surface area contributed by atoms with Gasteiger partial charge in [0, 0.05) is 13.0 Å². The Morgan fingerprint density at radius 1 is 1.17 bits per heavy atom. The topological polar surface area (TPSA) is 20.3 Å². The van der Waals surface area contributed by atoms with Crippen LogP contribution in [-0.2, 0) is 4.79 Å². The predicted molar refractivity (Wildman–Crippen MR) is 77.6 cm³/mol. The zero-order chi connectivity index (χ0) is 13.4. The molecule has 2 heteroatoms. The van der Waals surface area contributed by atoms with Gasteiger partial charge in [0.05, 0.1) is 0 Å². The van der Waals surface area contributed by atoms with Gasteiger partial charge in [0.1, 0.15) is 0 Å². The zero-order valence-electron chi connectivity index (χ0n) is 11.6. The van der Waals surface area contributed by atoms with Gasteiger partial charge >= 0.3 is 0 Å². The summed E-state index contributed by atoms with van der Waals surface area (Å²) in [4.78, 5) is 14.0. The van der Waals surface area contributed by atoms with E-state index in [1.54, 1.807) is 6.08 Å². The molecule has 0 fully saturated rings. The van der Waals surface area contributed by atoms with Gasteiger partial charge in [-0.1, -0.05) is 49.8 Å². The Labute approximate surface area is 110 Å². The molecule has 0 atom stereocenters. The van der Waals surface area contributed by atoms with Crippen molar-refractivity contribution in [3.63, 3.8) is 0 Å². The molecule has 98 valence electrons. The van der Waals surface area contributed by atoms with Crippen molar-refractivity contribution in [2.24, 2.45) is 0 Å². The standard InChI is InChI=1S/C16H23NO/c1-4-17(5-2)13-12-16(18)11-10-15-8-6-14(3)7-9-15/h6-11H,4-5,12-13H2,1-3H3/b11-10-. The van der Waals surface area contributed by atoms with E-state index >= 15 is 0 Å². The number of aryl methyl sites for hydroxylation is 1. The molecule has 1 aromatic carbocycles. The molecule has 0 heterocycles. The Morgan fingerprint density at radius 3 is 2.33 bits per heavy atom. The molecule has 2 nitrogen and oxygen atoms in total. The fourth-order valence-electron chi connectivity index (χ4n) is 1.76. The van der Waals surface area contributed by atoms with Gasteiger partial charge in [0.25, 0.3) is 0 Å². The van der Waals surface area contributed by atoms with Crippen LogP contribution in [0, 0.1) is 6.92 Å². The van der Waals surface area contributed by atoms with Crippen molar-refractivity contribution in [2.45, 2.75) is 27.2 Å². The lowest BCUT2D eigenvalue weighted by molar-refractivity contribution is -0.114. The maximum absolute atomic E-state index is 11.7. The van der Waals surface area contributed by atoms with E-state index in [4.69, 9.17) is 0 Å². The first-order chi connectivity index (χ1) is 8.65. The fourth-order valence-corrected chi connectivity index (χ4v) is 1.76. The molecule has 0 radical (unpaired) electrons. The minimum absolute atomic E-state index is 0.197. The van der Waals surface area contributed by atoms with Gasteiger partial charge < -0.3 is 4.90 Å². The highest BCUT2D eigenvalue weighted by atomic mass is 16.1. The summed E-state index contributed by atoms with van der Waals surface area (Å²) < 4.78 is 0. The molecular weight excluding hydrogens is 222 g/mol. The Morgan fingerprint density at radius 2 is 1.78 bits per heavy atom. The highest BCUT2D eigenvalue weighted by Crippen LogP contribution is 2.05. The molecular formula is C16H23NO. The monoisotopic (exact) mass is 245 g/mol. The van der Waals surface area contributed by atoms with Crippen LogP contribution >= 0.6 is 0 Å². The van der Waals surface area contributed by atoms with Crippen LogP contribution in [0.5, 0.6) is 0 Å². The number of nitrogens with zero attached hydrogens (tertiary/aromatic N) is 1. The van der Waals surface area contributed by atoms with Crippen LogP contribution in [0.25, 0.3) is 6.08 Å². The molecule has 0 N–H and O–H groups in total.